The van der Waals surface area contributed by atoms with Crippen molar-refractivity contribution in [2.45, 2.75) is 48.8 Å². The highest BCUT2D eigenvalue weighted by Gasteiger charge is 2.28. The molecule has 2 unspecified atom stereocenters. The highest BCUT2D eigenvalue weighted by atomic mass is 32.2. The Labute approximate surface area is 114 Å². The first-order chi connectivity index (χ1) is 8.85. The van der Waals surface area contributed by atoms with E-state index >= 15 is 0 Å². The first kappa shape index (κ1) is 13.8. The summed E-state index contributed by atoms with van der Waals surface area (Å²) < 4.78 is 5.43. The summed E-state index contributed by atoms with van der Waals surface area (Å²) in [6, 6.07) is 9.00. The molecule has 1 aliphatic carbocycles. The number of para-hydroxylation sites is 1. The fourth-order valence-electron chi connectivity index (χ4n) is 2.51. The van der Waals surface area contributed by atoms with E-state index in [1.54, 1.807) is 7.11 Å². The third-order valence-corrected chi connectivity index (χ3v) is 4.91. The van der Waals surface area contributed by atoms with Gasteiger partial charge in [0, 0.05) is 16.2 Å². The average Bonchev–Trinajstić information content (AvgIpc) is 2.84. The summed E-state index contributed by atoms with van der Waals surface area (Å²) in [5.74, 6) is 1.00. The minimum atomic E-state index is 0.667. The lowest BCUT2D eigenvalue weighted by Crippen LogP contribution is -2.34. The Hall–Kier alpha value is -0.670. The third kappa shape index (κ3) is 3.42. The SMILES string of the molecule is CCCNC1CCCC1Sc1ccccc1OC. The maximum Gasteiger partial charge on any atom is 0.132 e. The Morgan fingerprint density at radius 2 is 2.17 bits per heavy atom. The van der Waals surface area contributed by atoms with Crippen LogP contribution in [0.5, 0.6) is 5.75 Å². The molecule has 1 fully saturated rings. The van der Waals surface area contributed by atoms with E-state index < -0.39 is 0 Å². The number of methoxy groups -OCH3 is 1. The van der Waals surface area contributed by atoms with Crippen molar-refractivity contribution in [3.05, 3.63) is 24.3 Å². The summed E-state index contributed by atoms with van der Waals surface area (Å²) >= 11 is 1.97. The number of ether oxygens (including phenoxy) is 1. The summed E-state index contributed by atoms with van der Waals surface area (Å²) in [4.78, 5) is 1.27. The lowest BCUT2D eigenvalue weighted by molar-refractivity contribution is 0.404. The van der Waals surface area contributed by atoms with Crippen LogP contribution in [0.1, 0.15) is 32.6 Å². The molecule has 0 bridgehead atoms. The van der Waals surface area contributed by atoms with Crippen molar-refractivity contribution in [1.82, 2.24) is 5.32 Å². The molecule has 0 amide bonds. The Morgan fingerprint density at radius 3 is 2.94 bits per heavy atom. The molecule has 1 saturated carbocycles. The van der Waals surface area contributed by atoms with Crippen molar-refractivity contribution in [3.8, 4) is 5.75 Å². The van der Waals surface area contributed by atoms with Gasteiger partial charge in [-0.15, -0.1) is 11.8 Å². The van der Waals surface area contributed by atoms with Crippen LogP contribution in [0.15, 0.2) is 29.2 Å². The maximum absolute atomic E-state index is 5.43. The summed E-state index contributed by atoms with van der Waals surface area (Å²) in [7, 11) is 1.75. The molecule has 2 nitrogen and oxygen atoms in total. The van der Waals surface area contributed by atoms with Crippen LogP contribution in [0, 0.1) is 0 Å². The zero-order chi connectivity index (χ0) is 12.8. The monoisotopic (exact) mass is 265 g/mol. The topological polar surface area (TPSA) is 21.3 Å². The Morgan fingerprint density at radius 1 is 1.33 bits per heavy atom. The largest absolute Gasteiger partial charge is 0.496 e. The van der Waals surface area contributed by atoms with E-state index in [-0.39, 0.29) is 0 Å². The van der Waals surface area contributed by atoms with Gasteiger partial charge in [-0.3, -0.25) is 0 Å². The lowest BCUT2D eigenvalue weighted by Gasteiger charge is -2.21. The predicted molar refractivity (Wildman–Crippen MR) is 78.6 cm³/mol. The van der Waals surface area contributed by atoms with Gasteiger partial charge in [-0.05, 0) is 37.9 Å². The molecule has 0 spiro atoms. The van der Waals surface area contributed by atoms with E-state index in [0.717, 1.165) is 12.3 Å². The summed E-state index contributed by atoms with van der Waals surface area (Å²) in [5.41, 5.74) is 0. The average molecular weight is 265 g/mol. The first-order valence-electron chi connectivity index (χ1n) is 6.88. The fraction of sp³-hybridized carbons (Fsp3) is 0.600. The van der Waals surface area contributed by atoms with Crippen molar-refractivity contribution in [2.75, 3.05) is 13.7 Å². The van der Waals surface area contributed by atoms with Crippen LogP contribution in [0.2, 0.25) is 0 Å². The summed E-state index contributed by atoms with van der Waals surface area (Å²) in [6.45, 7) is 3.36. The molecule has 1 aromatic carbocycles. The number of benzene rings is 1. The minimum Gasteiger partial charge on any atom is -0.496 e. The van der Waals surface area contributed by atoms with E-state index in [1.807, 2.05) is 23.9 Å². The van der Waals surface area contributed by atoms with Gasteiger partial charge in [-0.1, -0.05) is 25.5 Å². The van der Waals surface area contributed by atoms with Gasteiger partial charge in [-0.2, -0.15) is 0 Å². The fourth-order valence-corrected chi connectivity index (χ4v) is 3.94. The molecule has 18 heavy (non-hydrogen) atoms. The van der Waals surface area contributed by atoms with E-state index in [2.05, 4.69) is 24.4 Å². The number of hydrogen-bond donors (Lipinski definition) is 1. The highest BCUT2D eigenvalue weighted by molar-refractivity contribution is 8.00. The van der Waals surface area contributed by atoms with Crippen molar-refractivity contribution in [2.24, 2.45) is 0 Å². The molecule has 100 valence electrons. The van der Waals surface area contributed by atoms with Gasteiger partial charge in [0.05, 0.1) is 7.11 Å². The van der Waals surface area contributed by atoms with Gasteiger partial charge < -0.3 is 10.1 Å². The molecule has 1 aromatic rings. The third-order valence-electron chi connectivity index (χ3n) is 3.46. The van der Waals surface area contributed by atoms with Gasteiger partial charge in [0.2, 0.25) is 0 Å². The van der Waals surface area contributed by atoms with Crippen molar-refractivity contribution < 1.29 is 4.74 Å². The highest BCUT2D eigenvalue weighted by Crippen LogP contribution is 2.39. The Kier molecular flexibility index (Phi) is 5.39. The van der Waals surface area contributed by atoms with E-state index in [4.69, 9.17) is 4.74 Å². The van der Waals surface area contributed by atoms with Crippen LogP contribution >= 0.6 is 11.8 Å². The van der Waals surface area contributed by atoms with Crippen molar-refractivity contribution in [3.63, 3.8) is 0 Å². The normalized spacial score (nSPS) is 23.2. The predicted octanol–water partition coefficient (Wildman–Crippen LogP) is 3.71. The second kappa shape index (κ2) is 7.05. The Bertz CT molecular complexity index is 369. The lowest BCUT2D eigenvalue weighted by atomic mass is 10.2. The smallest absolute Gasteiger partial charge is 0.132 e. The van der Waals surface area contributed by atoms with E-state index in [1.165, 1.54) is 30.6 Å². The summed E-state index contributed by atoms with van der Waals surface area (Å²) in [5, 5.41) is 4.37. The van der Waals surface area contributed by atoms with Crippen LogP contribution in [0.3, 0.4) is 0 Å². The standard InChI is InChI=1S/C15H23NOS/c1-3-11-16-12-7-6-10-14(12)18-15-9-5-4-8-13(15)17-2/h4-5,8-9,12,14,16H,3,6-7,10-11H2,1-2H3. The minimum absolute atomic E-state index is 0.667. The second-order valence-electron chi connectivity index (χ2n) is 4.80. The van der Waals surface area contributed by atoms with E-state index in [0.29, 0.717) is 11.3 Å². The first-order valence-corrected chi connectivity index (χ1v) is 7.76. The molecule has 0 radical (unpaired) electrons. The van der Waals surface area contributed by atoms with Crippen LogP contribution < -0.4 is 10.1 Å². The molecule has 0 saturated heterocycles. The molecule has 2 atom stereocenters. The van der Waals surface area contributed by atoms with Gasteiger partial charge in [0.15, 0.2) is 0 Å². The molecule has 3 heteroatoms. The number of thioether (sulfide) groups is 1. The van der Waals surface area contributed by atoms with Gasteiger partial charge in [-0.25, -0.2) is 0 Å². The van der Waals surface area contributed by atoms with Crippen LogP contribution in [0.25, 0.3) is 0 Å². The van der Waals surface area contributed by atoms with Crippen molar-refractivity contribution >= 4 is 11.8 Å². The van der Waals surface area contributed by atoms with Gasteiger partial charge in [0.1, 0.15) is 5.75 Å². The zero-order valence-corrected chi connectivity index (χ0v) is 12.1. The van der Waals surface area contributed by atoms with Gasteiger partial charge in [0.25, 0.3) is 0 Å². The number of hydrogen-bond acceptors (Lipinski definition) is 3. The zero-order valence-electron chi connectivity index (χ0n) is 11.3. The molecule has 2 rings (SSSR count). The maximum atomic E-state index is 5.43. The summed E-state index contributed by atoms with van der Waals surface area (Å²) in [6.07, 6.45) is 5.17. The quantitative estimate of drug-likeness (QED) is 0.847. The van der Waals surface area contributed by atoms with Gasteiger partial charge >= 0.3 is 0 Å². The second-order valence-corrected chi connectivity index (χ2v) is 6.08. The molecule has 0 aliphatic heterocycles. The molecule has 1 aliphatic rings. The van der Waals surface area contributed by atoms with Crippen LogP contribution in [-0.4, -0.2) is 24.9 Å². The van der Waals surface area contributed by atoms with Crippen LogP contribution in [-0.2, 0) is 0 Å². The van der Waals surface area contributed by atoms with E-state index in [9.17, 15) is 0 Å². The van der Waals surface area contributed by atoms with Crippen molar-refractivity contribution in [1.29, 1.82) is 0 Å². The molecular formula is C15H23NOS. The Balaban J connectivity index is 1.99. The van der Waals surface area contributed by atoms with Crippen LogP contribution in [0.4, 0.5) is 0 Å². The molecule has 1 N–H and O–H groups in total. The molecule has 0 aromatic heterocycles. The number of nitrogens with one attached hydrogen (secondary N) is 1. The number of rotatable bonds is 6. The molecular weight excluding hydrogens is 242 g/mol. The molecule has 0 heterocycles.